The van der Waals surface area contributed by atoms with E-state index in [0.717, 1.165) is 50.9 Å². The van der Waals surface area contributed by atoms with Crippen molar-refractivity contribution < 1.29 is 9.13 Å². The molecule has 0 aromatic carbocycles. The maximum atomic E-state index is 13.3. The van der Waals surface area contributed by atoms with Crippen LogP contribution in [0.15, 0.2) is 30.6 Å². The van der Waals surface area contributed by atoms with Gasteiger partial charge in [-0.2, -0.15) is 0 Å². The first kappa shape index (κ1) is 17.3. The van der Waals surface area contributed by atoms with Crippen molar-refractivity contribution in [3.63, 3.8) is 0 Å². The van der Waals surface area contributed by atoms with Crippen LogP contribution in [0.5, 0.6) is 0 Å². The van der Waals surface area contributed by atoms with E-state index in [2.05, 4.69) is 25.2 Å². The first-order chi connectivity index (χ1) is 12.8. The van der Waals surface area contributed by atoms with Crippen LogP contribution in [0.25, 0.3) is 0 Å². The summed E-state index contributed by atoms with van der Waals surface area (Å²) in [6.45, 7) is 5.10. The predicted octanol–water partition coefficient (Wildman–Crippen LogP) is 2.97. The maximum Gasteiger partial charge on any atom is 0.228 e. The Kier molecular flexibility index (Phi) is 5.36. The number of hydrogen-bond donors (Lipinski definition) is 1. The van der Waals surface area contributed by atoms with Crippen molar-refractivity contribution in [2.24, 2.45) is 5.92 Å². The molecule has 7 heteroatoms. The number of rotatable bonds is 5. The molecule has 2 saturated heterocycles. The lowest BCUT2D eigenvalue weighted by atomic mass is 10.00. The van der Waals surface area contributed by atoms with Gasteiger partial charge in [0.05, 0.1) is 5.69 Å². The van der Waals surface area contributed by atoms with Gasteiger partial charge in [0.15, 0.2) is 0 Å². The van der Waals surface area contributed by atoms with Crippen LogP contribution in [0.4, 0.5) is 16.2 Å². The van der Waals surface area contributed by atoms with Gasteiger partial charge in [-0.25, -0.2) is 19.3 Å². The molecular weight excluding hydrogens is 333 g/mol. The molecule has 0 bridgehead atoms. The Morgan fingerprint density at radius 3 is 2.85 bits per heavy atom. The van der Waals surface area contributed by atoms with Crippen molar-refractivity contribution in [1.82, 2.24) is 19.9 Å². The minimum absolute atomic E-state index is 0.335. The topological polar surface area (TPSA) is 63.2 Å². The number of pyridine rings is 1. The van der Waals surface area contributed by atoms with E-state index >= 15 is 0 Å². The molecule has 2 aromatic rings. The second kappa shape index (κ2) is 8.05. The SMILES string of the molecule is Fc1ccnc(Nc2nccc(C3CCN(CC4CCOCC4)C3)n2)c1. The second-order valence-electron chi connectivity index (χ2n) is 7.09. The average Bonchev–Trinajstić information content (AvgIpc) is 3.11. The van der Waals surface area contributed by atoms with Crippen molar-refractivity contribution in [3.05, 3.63) is 42.1 Å². The summed E-state index contributed by atoms with van der Waals surface area (Å²) < 4.78 is 18.7. The molecule has 138 valence electrons. The zero-order chi connectivity index (χ0) is 17.8. The Hall–Kier alpha value is -2.12. The van der Waals surface area contributed by atoms with E-state index in [1.807, 2.05) is 6.07 Å². The summed E-state index contributed by atoms with van der Waals surface area (Å²) in [6.07, 6.45) is 6.63. The lowest BCUT2D eigenvalue weighted by Crippen LogP contribution is -2.30. The summed E-state index contributed by atoms with van der Waals surface area (Å²) in [7, 11) is 0. The van der Waals surface area contributed by atoms with Gasteiger partial charge in [-0.05, 0) is 43.9 Å². The quantitative estimate of drug-likeness (QED) is 0.888. The standard InChI is InChI=1S/C19H24FN5O/c20-16-1-6-21-18(11-16)24-19-22-7-2-17(23-19)15-3-8-25(13-15)12-14-4-9-26-10-5-14/h1-2,6-7,11,14-15H,3-5,8-10,12-13H2,(H,21,22,23,24). The highest BCUT2D eigenvalue weighted by molar-refractivity contribution is 5.47. The molecular formula is C19H24FN5O. The summed E-state index contributed by atoms with van der Waals surface area (Å²) >= 11 is 0. The molecule has 1 N–H and O–H groups in total. The molecule has 1 atom stereocenters. The third-order valence-corrected chi connectivity index (χ3v) is 5.19. The fourth-order valence-corrected chi connectivity index (χ4v) is 3.78. The zero-order valence-electron chi connectivity index (χ0n) is 14.8. The Balaban J connectivity index is 1.37. The fraction of sp³-hybridized carbons (Fsp3) is 0.526. The number of hydrogen-bond acceptors (Lipinski definition) is 6. The molecule has 1 unspecified atom stereocenters. The normalized spacial score (nSPS) is 21.8. The first-order valence-corrected chi connectivity index (χ1v) is 9.28. The van der Waals surface area contributed by atoms with Crippen molar-refractivity contribution in [1.29, 1.82) is 0 Å². The average molecular weight is 357 g/mol. The molecule has 0 amide bonds. The van der Waals surface area contributed by atoms with Crippen molar-refractivity contribution >= 4 is 11.8 Å². The van der Waals surface area contributed by atoms with Crippen LogP contribution in [-0.2, 0) is 4.74 Å². The highest BCUT2D eigenvalue weighted by Gasteiger charge is 2.27. The minimum Gasteiger partial charge on any atom is -0.381 e. The Labute approximate surface area is 152 Å². The van der Waals surface area contributed by atoms with Crippen LogP contribution in [-0.4, -0.2) is 52.7 Å². The lowest BCUT2D eigenvalue weighted by molar-refractivity contribution is 0.0553. The van der Waals surface area contributed by atoms with Gasteiger partial charge in [0.1, 0.15) is 11.6 Å². The van der Waals surface area contributed by atoms with E-state index in [9.17, 15) is 4.39 Å². The lowest BCUT2D eigenvalue weighted by Gasteiger charge is -2.26. The molecule has 2 aliphatic heterocycles. The molecule has 2 aliphatic rings. The Morgan fingerprint density at radius 2 is 2.00 bits per heavy atom. The third-order valence-electron chi connectivity index (χ3n) is 5.19. The van der Waals surface area contributed by atoms with E-state index in [4.69, 9.17) is 4.74 Å². The van der Waals surface area contributed by atoms with Crippen molar-refractivity contribution in [2.45, 2.75) is 25.2 Å². The molecule has 2 fully saturated rings. The molecule has 2 aromatic heterocycles. The summed E-state index contributed by atoms with van der Waals surface area (Å²) in [5.74, 6) is 1.71. The molecule has 0 radical (unpaired) electrons. The van der Waals surface area contributed by atoms with Gasteiger partial charge in [-0.15, -0.1) is 0 Å². The summed E-state index contributed by atoms with van der Waals surface area (Å²) in [4.78, 5) is 15.5. The summed E-state index contributed by atoms with van der Waals surface area (Å²) in [5.41, 5.74) is 1.04. The van der Waals surface area contributed by atoms with Crippen LogP contribution in [0.3, 0.4) is 0 Å². The Bertz CT molecular complexity index is 737. The molecule has 0 aliphatic carbocycles. The monoisotopic (exact) mass is 357 g/mol. The van der Waals surface area contributed by atoms with E-state index in [1.165, 1.54) is 31.2 Å². The molecule has 4 heterocycles. The first-order valence-electron chi connectivity index (χ1n) is 9.28. The molecule has 0 spiro atoms. The van der Waals surface area contributed by atoms with Crippen molar-refractivity contribution in [3.8, 4) is 0 Å². The summed E-state index contributed by atoms with van der Waals surface area (Å²) in [6, 6.07) is 4.63. The van der Waals surface area contributed by atoms with E-state index < -0.39 is 0 Å². The number of halogens is 1. The highest BCUT2D eigenvalue weighted by atomic mass is 19.1. The van der Waals surface area contributed by atoms with Gasteiger partial charge in [0.2, 0.25) is 5.95 Å². The maximum absolute atomic E-state index is 13.3. The number of aromatic nitrogens is 3. The fourth-order valence-electron chi connectivity index (χ4n) is 3.78. The highest BCUT2D eigenvalue weighted by Crippen LogP contribution is 2.28. The van der Waals surface area contributed by atoms with E-state index in [0.29, 0.717) is 17.7 Å². The van der Waals surface area contributed by atoms with Crippen LogP contribution >= 0.6 is 0 Å². The van der Waals surface area contributed by atoms with Gasteiger partial charge < -0.3 is 15.0 Å². The van der Waals surface area contributed by atoms with Gasteiger partial charge in [0.25, 0.3) is 0 Å². The van der Waals surface area contributed by atoms with Crippen LogP contribution in [0, 0.1) is 11.7 Å². The van der Waals surface area contributed by atoms with Crippen LogP contribution in [0.2, 0.25) is 0 Å². The van der Waals surface area contributed by atoms with Crippen LogP contribution in [0.1, 0.15) is 30.9 Å². The van der Waals surface area contributed by atoms with Crippen LogP contribution < -0.4 is 5.32 Å². The molecule has 6 nitrogen and oxygen atoms in total. The third kappa shape index (κ3) is 4.34. The largest absolute Gasteiger partial charge is 0.381 e. The number of ether oxygens (including phenoxy) is 1. The smallest absolute Gasteiger partial charge is 0.228 e. The molecule has 4 rings (SSSR count). The van der Waals surface area contributed by atoms with Gasteiger partial charge in [-0.3, -0.25) is 0 Å². The molecule has 26 heavy (non-hydrogen) atoms. The predicted molar refractivity (Wildman–Crippen MR) is 96.9 cm³/mol. The van der Waals surface area contributed by atoms with E-state index in [-0.39, 0.29) is 5.82 Å². The number of likely N-dealkylation sites (tertiary alicyclic amines) is 1. The zero-order valence-corrected chi connectivity index (χ0v) is 14.8. The number of anilines is 2. The van der Waals surface area contributed by atoms with Gasteiger partial charge in [0, 0.05) is 50.7 Å². The van der Waals surface area contributed by atoms with Gasteiger partial charge in [-0.1, -0.05) is 0 Å². The number of nitrogens with zero attached hydrogens (tertiary/aromatic N) is 4. The minimum atomic E-state index is -0.335. The summed E-state index contributed by atoms with van der Waals surface area (Å²) in [5, 5.41) is 2.98. The number of nitrogens with one attached hydrogen (secondary N) is 1. The van der Waals surface area contributed by atoms with Crippen molar-refractivity contribution in [2.75, 3.05) is 38.2 Å². The second-order valence-corrected chi connectivity index (χ2v) is 7.09. The van der Waals surface area contributed by atoms with E-state index in [1.54, 1.807) is 6.20 Å². The van der Waals surface area contributed by atoms with Gasteiger partial charge >= 0.3 is 0 Å². The molecule has 0 saturated carbocycles. The Morgan fingerprint density at radius 1 is 1.15 bits per heavy atom.